The number of hydrogen-bond donors (Lipinski definition) is 2. The lowest BCUT2D eigenvalue weighted by Crippen LogP contribution is -2.19. The summed E-state index contributed by atoms with van der Waals surface area (Å²) in [5.74, 6) is 0.867. The molecule has 0 aliphatic carbocycles. The zero-order valence-corrected chi connectivity index (χ0v) is 16.0. The van der Waals surface area contributed by atoms with Crippen molar-refractivity contribution in [2.75, 3.05) is 19.0 Å². The topological polar surface area (TPSA) is 107 Å². The molecule has 2 aromatic carbocycles. The highest BCUT2D eigenvalue weighted by atomic mass is 16.5. The first kappa shape index (κ1) is 18.5. The van der Waals surface area contributed by atoms with Gasteiger partial charge < -0.3 is 14.0 Å². The molecule has 0 unspecified atom stereocenters. The third-order valence-corrected chi connectivity index (χ3v) is 4.48. The van der Waals surface area contributed by atoms with Crippen LogP contribution in [-0.4, -0.2) is 44.8 Å². The summed E-state index contributed by atoms with van der Waals surface area (Å²) in [7, 11) is 1.60. The van der Waals surface area contributed by atoms with Crippen LogP contribution >= 0.6 is 0 Å². The number of nitrogens with one attached hydrogen (secondary N) is 2. The molecule has 0 saturated carbocycles. The lowest BCUT2D eigenvalue weighted by Gasteiger charge is -2.11. The Hall–Kier alpha value is -3.88. The third kappa shape index (κ3) is 3.62. The molecule has 0 fully saturated rings. The van der Waals surface area contributed by atoms with E-state index in [0.29, 0.717) is 30.3 Å². The van der Waals surface area contributed by atoms with Gasteiger partial charge in [0.05, 0.1) is 19.2 Å². The number of carbonyl (C=O) groups is 1. The Labute approximate surface area is 166 Å². The zero-order chi connectivity index (χ0) is 20.2. The van der Waals surface area contributed by atoms with Crippen LogP contribution in [-0.2, 0) is 6.54 Å². The van der Waals surface area contributed by atoms with E-state index in [1.165, 1.54) is 0 Å². The van der Waals surface area contributed by atoms with Gasteiger partial charge in [-0.3, -0.25) is 10.1 Å². The van der Waals surface area contributed by atoms with Gasteiger partial charge in [0, 0.05) is 11.9 Å². The lowest BCUT2D eigenvalue weighted by atomic mass is 10.2. The van der Waals surface area contributed by atoms with Gasteiger partial charge in [0.15, 0.2) is 11.4 Å². The minimum absolute atomic E-state index is 0.0894. The number of anilines is 1. The lowest BCUT2D eigenvalue weighted by molar-refractivity contribution is 0.101. The van der Waals surface area contributed by atoms with Gasteiger partial charge in [0.25, 0.3) is 11.9 Å². The molecule has 0 saturated heterocycles. The van der Waals surface area contributed by atoms with Crippen LogP contribution in [0.3, 0.4) is 0 Å². The molecule has 1 amide bonds. The molecule has 4 aromatic rings. The summed E-state index contributed by atoms with van der Waals surface area (Å²) >= 11 is 0. The van der Waals surface area contributed by atoms with E-state index >= 15 is 0 Å². The molecule has 4 rings (SSSR count). The number of carbonyl (C=O) groups excluding carboxylic acids is 1. The van der Waals surface area contributed by atoms with Crippen molar-refractivity contribution in [1.82, 2.24) is 25.2 Å². The maximum Gasteiger partial charge on any atom is 0.278 e. The first-order valence-corrected chi connectivity index (χ1v) is 9.13. The predicted octanol–water partition coefficient (Wildman–Crippen LogP) is 2.86. The fourth-order valence-corrected chi connectivity index (χ4v) is 3.25. The molecule has 2 heterocycles. The molecule has 0 radical (unpaired) electrons. The van der Waals surface area contributed by atoms with Gasteiger partial charge in [-0.2, -0.15) is 5.21 Å². The van der Waals surface area contributed by atoms with E-state index in [0.717, 1.165) is 16.5 Å². The van der Waals surface area contributed by atoms with Gasteiger partial charge >= 0.3 is 0 Å². The maximum absolute atomic E-state index is 13.2. The second-order valence-electron chi connectivity index (χ2n) is 6.26. The van der Waals surface area contributed by atoms with Gasteiger partial charge in [0.2, 0.25) is 0 Å². The molecule has 0 atom stereocenters. The molecule has 9 heteroatoms. The van der Waals surface area contributed by atoms with Crippen LogP contribution in [0, 0.1) is 0 Å². The molecule has 0 aliphatic rings. The largest absolute Gasteiger partial charge is 0.497 e. The monoisotopic (exact) mass is 392 g/mol. The Kier molecular flexibility index (Phi) is 5.10. The van der Waals surface area contributed by atoms with E-state index in [-0.39, 0.29) is 11.9 Å². The summed E-state index contributed by atoms with van der Waals surface area (Å²) in [6.07, 6.45) is 0. The number of hydrogen-bond acceptors (Lipinski definition) is 6. The molecule has 0 spiro atoms. The van der Waals surface area contributed by atoms with Gasteiger partial charge in [-0.05, 0) is 35.9 Å². The minimum atomic E-state index is -0.388. The van der Waals surface area contributed by atoms with Gasteiger partial charge in [-0.15, -0.1) is 5.10 Å². The average molecular weight is 392 g/mol. The number of aromatic amines is 1. The SMILES string of the molecule is CCOc1c(C(=O)Nc2nn[nH]n2)n(Cc2ccccc2)c2ccc(OC)cc12. The Morgan fingerprint density at radius 2 is 2.03 bits per heavy atom. The van der Waals surface area contributed by atoms with Gasteiger partial charge in [-0.25, -0.2) is 0 Å². The van der Waals surface area contributed by atoms with Crippen LogP contribution < -0.4 is 14.8 Å². The first-order valence-electron chi connectivity index (χ1n) is 9.13. The second-order valence-corrected chi connectivity index (χ2v) is 6.26. The Morgan fingerprint density at radius 3 is 2.72 bits per heavy atom. The van der Waals surface area contributed by atoms with E-state index in [4.69, 9.17) is 9.47 Å². The molecular weight excluding hydrogens is 372 g/mol. The van der Waals surface area contributed by atoms with Crippen molar-refractivity contribution >= 4 is 22.8 Å². The highest BCUT2D eigenvalue weighted by Gasteiger charge is 2.25. The molecule has 148 valence electrons. The van der Waals surface area contributed by atoms with Crippen molar-refractivity contribution < 1.29 is 14.3 Å². The Bertz CT molecular complexity index is 1120. The number of tetrazole rings is 1. The maximum atomic E-state index is 13.2. The number of aromatic nitrogens is 5. The highest BCUT2D eigenvalue weighted by molar-refractivity contribution is 6.09. The van der Waals surface area contributed by atoms with E-state index in [9.17, 15) is 4.79 Å². The summed E-state index contributed by atoms with van der Waals surface area (Å²) in [4.78, 5) is 13.2. The van der Waals surface area contributed by atoms with Gasteiger partial charge in [-0.1, -0.05) is 35.4 Å². The van der Waals surface area contributed by atoms with Crippen LogP contribution in [0.15, 0.2) is 48.5 Å². The molecule has 29 heavy (non-hydrogen) atoms. The Morgan fingerprint density at radius 1 is 1.21 bits per heavy atom. The van der Waals surface area contributed by atoms with Crippen molar-refractivity contribution in [1.29, 1.82) is 0 Å². The van der Waals surface area contributed by atoms with E-state index in [1.54, 1.807) is 7.11 Å². The van der Waals surface area contributed by atoms with Crippen LogP contribution in [0.2, 0.25) is 0 Å². The van der Waals surface area contributed by atoms with Crippen LogP contribution in [0.25, 0.3) is 10.9 Å². The number of amides is 1. The number of methoxy groups -OCH3 is 1. The molecule has 2 N–H and O–H groups in total. The Balaban J connectivity index is 1.90. The molecule has 9 nitrogen and oxygen atoms in total. The average Bonchev–Trinajstić information content (AvgIpc) is 3.35. The number of fused-ring (bicyclic) bond motifs is 1. The van der Waals surface area contributed by atoms with Crippen molar-refractivity contribution in [3.05, 3.63) is 59.8 Å². The summed E-state index contributed by atoms with van der Waals surface area (Å²) < 4.78 is 13.2. The summed E-state index contributed by atoms with van der Waals surface area (Å²) in [5, 5.41) is 16.9. The van der Waals surface area contributed by atoms with Crippen LogP contribution in [0.1, 0.15) is 23.0 Å². The fourth-order valence-electron chi connectivity index (χ4n) is 3.25. The second kappa shape index (κ2) is 8.01. The van der Waals surface area contributed by atoms with E-state index < -0.39 is 0 Å². The quantitative estimate of drug-likeness (QED) is 0.501. The normalized spacial score (nSPS) is 10.8. The number of benzene rings is 2. The number of H-pyrrole nitrogens is 1. The first-order chi connectivity index (χ1) is 14.2. The van der Waals surface area contributed by atoms with E-state index in [2.05, 4.69) is 25.9 Å². The standard InChI is InChI=1S/C20H20N6O3/c1-3-29-18-15-11-14(28-2)9-10-16(15)26(12-13-7-5-4-6-8-13)17(18)19(27)21-20-22-24-25-23-20/h4-11H,3,12H2,1-2H3,(H2,21,22,23,24,25,27). The van der Waals surface area contributed by atoms with Crippen molar-refractivity contribution in [3.8, 4) is 11.5 Å². The van der Waals surface area contributed by atoms with Crippen LogP contribution in [0.4, 0.5) is 5.95 Å². The van der Waals surface area contributed by atoms with Gasteiger partial charge in [0.1, 0.15) is 5.75 Å². The van der Waals surface area contributed by atoms with Crippen molar-refractivity contribution in [2.45, 2.75) is 13.5 Å². The zero-order valence-electron chi connectivity index (χ0n) is 16.0. The minimum Gasteiger partial charge on any atom is -0.497 e. The predicted molar refractivity (Wildman–Crippen MR) is 107 cm³/mol. The summed E-state index contributed by atoms with van der Waals surface area (Å²) in [6.45, 7) is 2.78. The highest BCUT2D eigenvalue weighted by Crippen LogP contribution is 2.36. The van der Waals surface area contributed by atoms with Crippen molar-refractivity contribution in [2.24, 2.45) is 0 Å². The van der Waals surface area contributed by atoms with Crippen LogP contribution in [0.5, 0.6) is 11.5 Å². The molecule has 0 aliphatic heterocycles. The van der Waals surface area contributed by atoms with Crippen molar-refractivity contribution in [3.63, 3.8) is 0 Å². The molecular formula is C20H20N6O3. The molecule has 0 bridgehead atoms. The summed E-state index contributed by atoms with van der Waals surface area (Å²) in [6, 6.07) is 15.6. The molecule has 2 aromatic heterocycles. The third-order valence-electron chi connectivity index (χ3n) is 4.48. The summed E-state index contributed by atoms with van der Waals surface area (Å²) in [5.41, 5.74) is 2.29. The number of nitrogens with zero attached hydrogens (tertiary/aromatic N) is 4. The van der Waals surface area contributed by atoms with E-state index in [1.807, 2.05) is 60.0 Å². The number of rotatable bonds is 7. The smallest absolute Gasteiger partial charge is 0.278 e. The number of ether oxygens (including phenoxy) is 2. The fraction of sp³-hybridized carbons (Fsp3) is 0.200.